The number of halogens is 1. The Morgan fingerprint density at radius 3 is 2.67 bits per heavy atom. The third-order valence-corrected chi connectivity index (χ3v) is 4.81. The van der Waals surface area contributed by atoms with Crippen molar-refractivity contribution in [3.63, 3.8) is 0 Å². The molecule has 100 valence electrons. The number of sulfone groups is 1. The molecule has 5 nitrogen and oxygen atoms in total. The molecule has 1 unspecified atom stereocenters. The first-order valence-corrected chi connectivity index (χ1v) is 7.29. The van der Waals surface area contributed by atoms with Crippen LogP contribution < -0.4 is 11.1 Å². The van der Waals surface area contributed by atoms with Gasteiger partial charge in [0.05, 0.1) is 10.6 Å². The molecule has 1 atom stereocenters. The van der Waals surface area contributed by atoms with Crippen molar-refractivity contribution in [2.45, 2.75) is 24.0 Å². The number of amides is 1. The van der Waals surface area contributed by atoms with Crippen molar-refractivity contribution in [2.24, 2.45) is 0 Å². The van der Waals surface area contributed by atoms with Gasteiger partial charge in [-0.1, -0.05) is 11.6 Å². The molecule has 0 radical (unpaired) electrons. The molecule has 0 saturated heterocycles. The Bertz CT molecular complexity index is 557. The number of carbonyl (C=O) groups is 1. The molecule has 3 N–H and O–H groups in total. The van der Waals surface area contributed by atoms with E-state index in [2.05, 4.69) is 5.32 Å². The summed E-state index contributed by atoms with van der Waals surface area (Å²) in [5.41, 5.74) is 5.70. The summed E-state index contributed by atoms with van der Waals surface area (Å²) in [7, 11) is -3.84. The lowest BCUT2D eigenvalue weighted by Crippen LogP contribution is -2.37. The van der Waals surface area contributed by atoms with Crippen LogP contribution in [0.15, 0.2) is 23.1 Å². The molecule has 0 bridgehead atoms. The Morgan fingerprint density at radius 1 is 1.50 bits per heavy atom. The van der Waals surface area contributed by atoms with E-state index in [1.165, 1.54) is 25.1 Å². The molecule has 1 rings (SSSR count). The van der Waals surface area contributed by atoms with E-state index in [4.69, 9.17) is 17.3 Å². The van der Waals surface area contributed by atoms with Crippen LogP contribution in [0.3, 0.4) is 0 Å². The van der Waals surface area contributed by atoms with Gasteiger partial charge in [0.1, 0.15) is 5.25 Å². The molecular formula is C11H15ClN2O3S. The second-order valence-electron chi connectivity index (χ2n) is 3.76. The van der Waals surface area contributed by atoms with Gasteiger partial charge < -0.3 is 11.1 Å². The number of rotatable bonds is 4. The van der Waals surface area contributed by atoms with Crippen LogP contribution in [-0.2, 0) is 14.6 Å². The van der Waals surface area contributed by atoms with Crippen molar-refractivity contribution < 1.29 is 13.2 Å². The van der Waals surface area contributed by atoms with Crippen LogP contribution in [0.5, 0.6) is 0 Å². The lowest BCUT2D eigenvalue weighted by atomic mass is 10.3. The highest BCUT2D eigenvalue weighted by Crippen LogP contribution is 2.26. The topological polar surface area (TPSA) is 89.3 Å². The van der Waals surface area contributed by atoms with Gasteiger partial charge in [0.2, 0.25) is 5.91 Å². The van der Waals surface area contributed by atoms with E-state index in [1.807, 2.05) is 0 Å². The second-order valence-corrected chi connectivity index (χ2v) is 6.44. The smallest absolute Gasteiger partial charge is 0.238 e. The fourth-order valence-corrected chi connectivity index (χ4v) is 3.07. The van der Waals surface area contributed by atoms with Crippen LogP contribution in [0, 0.1) is 0 Å². The number of hydrogen-bond acceptors (Lipinski definition) is 4. The summed E-state index contributed by atoms with van der Waals surface area (Å²) < 4.78 is 24.4. The Kier molecular flexibility index (Phi) is 4.59. The normalized spacial score (nSPS) is 13.1. The predicted molar refractivity (Wildman–Crippen MR) is 71.2 cm³/mol. The quantitative estimate of drug-likeness (QED) is 0.816. The maximum Gasteiger partial charge on any atom is 0.238 e. The summed E-state index contributed by atoms with van der Waals surface area (Å²) in [5, 5.41) is 1.51. The van der Waals surface area contributed by atoms with Crippen molar-refractivity contribution in [1.29, 1.82) is 0 Å². The number of nitrogen functional groups attached to an aromatic ring is 1. The molecule has 0 spiro atoms. The van der Waals surface area contributed by atoms with E-state index in [0.717, 1.165) is 0 Å². The standard InChI is InChI=1S/C11H15ClN2O3S/c1-3-14-11(15)7(2)18(16,17)10-6-8(12)4-5-9(10)13/h4-7H,3,13H2,1-2H3,(H,14,15). The van der Waals surface area contributed by atoms with E-state index < -0.39 is 21.0 Å². The van der Waals surface area contributed by atoms with Crippen molar-refractivity contribution >= 4 is 33.0 Å². The van der Waals surface area contributed by atoms with Crippen molar-refractivity contribution in [3.8, 4) is 0 Å². The number of nitrogens with one attached hydrogen (secondary N) is 1. The van der Waals surface area contributed by atoms with Crippen LogP contribution in [0.4, 0.5) is 5.69 Å². The van der Waals surface area contributed by atoms with Crippen molar-refractivity contribution in [2.75, 3.05) is 12.3 Å². The Balaban J connectivity index is 3.21. The van der Waals surface area contributed by atoms with E-state index in [9.17, 15) is 13.2 Å². The number of benzene rings is 1. The van der Waals surface area contributed by atoms with Crippen molar-refractivity contribution in [1.82, 2.24) is 5.32 Å². The van der Waals surface area contributed by atoms with Crippen molar-refractivity contribution in [3.05, 3.63) is 23.2 Å². The highest BCUT2D eigenvalue weighted by Gasteiger charge is 2.31. The number of hydrogen-bond donors (Lipinski definition) is 2. The summed E-state index contributed by atoms with van der Waals surface area (Å²) in [5.74, 6) is -0.558. The van der Waals surface area contributed by atoms with Gasteiger partial charge in [-0.05, 0) is 32.0 Å². The summed E-state index contributed by atoms with van der Waals surface area (Å²) in [6.07, 6.45) is 0. The highest BCUT2D eigenvalue weighted by atomic mass is 35.5. The van der Waals surface area contributed by atoms with Crippen LogP contribution in [0.1, 0.15) is 13.8 Å². The lowest BCUT2D eigenvalue weighted by Gasteiger charge is -2.14. The van der Waals surface area contributed by atoms with Gasteiger partial charge in [-0.25, -0.2) is 8.42 Å². The van der Waals surface area contributed by atoms with Gasteiger partial charge in [-0.15, -0.1) is 0 Å². The largest absolute Gasteiger partial charge is 0.398 e. The van der Waals surface area contributed by atoms with Gasteiger partial charge in [0, 0.05) is 11.6 Å². The molecule has 0 saturated carbocycles. The molecule has 1 amide bonds. The van der Waals surface area contributed by atoms with Gasteiger partial charge in [-0.3, -0.25) is 4.79 Å². The molecular weight excluding hydrogens is 276 g/mol. The summed E-state index contributed by atoms with van der Waals surface area (Å²) >= 11 is 5.75. The summed E-state index contributed by atoms with van der Waals surface area (Å²) in [6, 6.07) is 4.15. The van der Waals surface area contributed by atoms with E-state index in [0.29, 0.717) is 6.54 Å². The van der Waals surface area contributed by atoms with Crippen LogP contribution >= 0.6 is 11.6 Å². The summed E-state index contributed by atoms with van der Waals surface area (Å²) in [4.78, 5) is 11.5. The first kappa shape index (κ1) is 14.8. The minimum absolute atomic E-state index is 0.0792. The molecule has 0 fully saturated rings. The van der Waals surface area contributed by atoms with E-state index >= 15 is 0 Å². The lowest BCUT2D eigenvalue weighted by molar-refractivity contribution is -0.120. The fourth-order valence-electron chi connectivity index (χ4n) is 1.40. The zero-order chi connectivity index (χ0) is 13.9. The Morgan fingerprint density at radius 2 is 2.11 bits per heavy atom. The minimum Gasteiger partial charge on any atom is -0.398 e. The zero-order valence-corrected chi connectivity index (χ0v) is 11.7. The first-order valence-electron chi connectivity index (χ1n) is 5.37. The second kappa shape index (κ2) is 5.58. The van der Waals surface area contributed by atoms with Crippen LogP contribution in [0.2, 0.25) is 5.02 Å². The maximum absolute atomic E-state index is 12.2. The summed E-state index contributed by atoms with van der Waals surface area (Å²) in [6.45, 7) is 3.40. The van der Waals surface area contributed by atoms with E-state index in [-0.39, 0.29) is 15.6 Å². The average Bonchev–Trinajstić information content (AvgIpc) is 2.31. The molecule has 0 heterocycles. The Labute approximate surface area is 111 Å². The first-order chi connectivity index (χ1) is 8.30. The average molecular weight is 291 g/mol. The molecule has 0 aliphatic heterocycles. The molecule has 7 heteroatoms. The number of nitrogens with two attached hydrogens (primary N) is 1. The third kappa shape index (κ3) is 2.94. The maximum atomic E-state index is 12.2. The van der Waals surface area contributed by atoms with E-state index in [1.54, 1.807) is 6.92 Å². The van der Waals surface area contributed by atoms with Crippen LogP contribution in [-0.4, -0.2) is 26.1 Å². The molecule has 1 aromatic carbocycles. The Hall–Kier alpha value is -1.27. The highest BCUT2D eigenvalue weighted by molar-refractivity contribution is 7.93. The molecule has 18 heavy (non-hydrogen) atoms. The predicted octanol–water partition coefficient (Wildman–Crippen LogP) is 1.22. The van der Waals surface area contributed by atoms with Gasteiger partial charge >= 0.3 is 0 Å². The fraction of sp³-hybridized carbons (Fsp3) is 0.364. The number of carbonyl (C=O) groups excluding carboxylic acids is 1. The van der Waals surface area contributed by atoms with Gasteiger partial charge in [0.25, 0.3) is 0 Å². The number of anilines is 1. The minimum atomic E-state index is -3.84. The molecule has 0 aromatic heterocycles. The molecule has 1 aromatic rings. The van der Waals surface area contributed by atoms with Crippen LogP contribution in [0.25, 0.3) is 0 Å². The SMILES string of the molecule is CCNC(=O)C(C)S(=O)(=O)c1cc(Cl)ccc1N. The zero-order valence-electron chi connectivity index (χ0n) is 10.1. The third-order valence-electron chi connectivity index (χ3n) is 2.47. The monoisotopic (exact) mass is 290 g/mol. The van der Waals surface area contributed by atoms with Gasteiger partial charge in [-0.2, -0.15) is 0 Å². The van der Waals surface area contributed by atoms with Gasteiger partial charge in [0.15, 0.2) is 9.84 Å². The molecule has 0 aliphatic rings. The molecule has 0 aliphatic carbocycles.